The zero-order chi connectivity index (χ0) is 29.2. The maximum absolute atomic E-state index is 13.7. The van der Waals surface area contributed by atoms with Crippen molar-refractivity contribution in [2.24, 2.45) is 5.92 Å². The molecule has 1 aliphatic heterocycles. The summed E-state index contributed by atoms with van der Waals surface area (Å²) in [6, 6.07) is 9.57. The van der Waals surface area contributed by atoms with E-state index in [1.807, 2.05) is 26.0 Å². The van der Waals surface area contributed by atoms with Crippen LogP contribution >= 0.6 is 0 Å². The third-order valence-corrected chi connectivity index (χ3v) is 5.65. The average molecular weight is 544 g/mol. The number of hydrogen-bond acceptors (Lipinski definition) is 6. The Labute approximate surface area is 228 Å². The summed E-state index contributed by atoms with van der Waals surface area (Å²) in [6.45, 7) is 16.1. The molecule has 5 rings (SSSR count). The summed E-state index contributed by atoms with van der Waals surface area (Å²) >= 11 is 0. The van der Waals surface area contributed by atoms with Crippen molar-refractivity contribution in [3.8, 4) is 23.0 Å². The molecule has 8 nitrogen and oxygen atoms in total. The minimum absolute atomic E-state index is 0.0690. The molecule has 4 aromatic rings. The number of carbonyl (C=O) groups is 1. The van der Waals surface area contributed by atoms with E-state index in [0.717, 1.165) is 38.0 Å². The molecule has 0 bridgehead atoms. The van der Waals surface area contributed by atoms with Gasteiger partial charge in [0.15, 0.2) is 0 Å². The van der Waals surface area contributed by atoms with Crippen LogP contribution in [0.4, 0.5) is 8.78 Å². The van der Waals surface area contributed by atoms with E-state index in [1.165, 1.54) is 24.2 Å². The number of pyridine rings is 1. The molecule has 4 heterocycles. The minimum Gasteiger partial charge on any atom is -0.483 e. The summed E-state index contributed by atoms with van der Waals surface area (Å²) in [4.78, 5) is 19.7. The number of halogens is 2. The average Bonchev–Trinajstić information content (AvgIpc) is 3.53. The van der Waals surface area contributed by atoms with E-state index in [0.29, 0.717) is 22.7 Å². The fourth-order valence-electron chi connectivity index (χ4n) is 4.03. The number of hydrogen-bond donors (Lipinski definition) is 1. The number of likely N-dealkylation sites (tertiary alicyclic amines) is 1. The van der Waals surface area contributed by atoms with Crippen molar-refractivity contribution in [2.75, 3.05) is 13.1 Å². The van der Waals surface area contributed by atoms with Crippen molar-refractivity contribution in [2.45, 2.75) is 67.4 Å². The largest absolute Gasteiger partial charge is 0.483 e. The standard InChI is InChI=1S/C23H23F2N5O.C3H8.C2H6.CH2O2/c1-14-9-29(10-14)11-16-4-6-17(7-5-16)20-27-22(31-28-20)19-13-30-12-18(23(3,24)25)8-15(2)21(30)26-19;1-3-2;1-2;2-1-3/h4-8,12-14H,9-11H2,1-3H3;3H2,1-2H3;1-2H3;1H,(H,2,3). The van der Waals surface area contributed by atoms with Gasteiger partial charge in [0, 0.05) is 50.1 Å². The maximum Gasteiger partial charge on any atom is 0.290 e. The Bertz CT molecular complexity index is 1310. The van der Waals surface area contributed by atoms with Crippen LogP contribution in [-0.2, 0) is 17.3 Å². The Balaban J connectivity index is 0.000000602. The second kappa shape index (κ2) is 14.5. The molecule has 1 aliphatic rings. The van der Waals surface area contributed by atoms with E-state index in [9.17, 15) is 8.78 Å². The highest BCUT2D eigenvalue weighted by atomic mass is 19.3. The molecule has 1 aromatic carbocycles. The lowest BCUT2D eigenvalue weighted by atomic mass is 10.0. The molecule has 0 atom stereocenters. The van der Waals surface area contributed by atoms with Gasteiger partial charge in [0.05, 0.1) is 0 Å². The first-order valence-electron chi connectivity index (χ1n) is 13.2. The first-order chi connectivity index (χ1) is 18.6. The fraction of sp³-hybridized carbons (Fsp3) is 0.448. The molecule has 3 aromatic heterocycles. The van der Waals surface area contributed by atoms with E-state index >= 15 is 0 Å². The van der Waals surface area contributed by atoms with Crippen molar-refractivity contribution in [1.82, 2.24) is 24.4 Å². The van der Waals surface area contributed by atoms with Crippen LogP contribution in [0, 0.1) is 12.8 Å². The third-order valence-electron chi connectivity index (χ3n) is 5.65. The van der Waals surface area contributed by atoms with E-state index in [-0.39, 0.29) is 17.9 Å². The van der Waals surface area contributed by atoms with Gasteiger partial charge in [-0.3, -0.25) is 9.69 Å². The highest BCUT2D eigenvalue weighted by Crippen LogP contribution is 2.30. The van der Waals surface area contributed by atoms with Crippen molar-refractivity contribution >= 4 is 12.1 Å². The smallest absolute Gasteiger partial charge is 0.290 e. The SMILES string of the molecule is CC.CCC.Cc1cc(C(C)(F)F)cn2cc(-c3nc(-c4ccc(CN5CC(C)C5)cc4)no3)nc12.O=CO. The lowest BCUT2D eigenvalue weighted by molar-refractivity contribution is -0.122. The van der Waals surface area contributed by atoms with Crippen LogP contribution in [0.15, 0.2) is 47.2 Å². The van der Waals surface area contributed by atoms with Gasteiger partial charge >= 0.3 is 0 Å². The van der Waals surface area contributed by atoms with E-state index < -0.39 is 5.92 Å². The number of aromatic nitrogens is 4. The van der Waals surface area contributed by atoms with Crippen LogP contribution in [0.5, 0.6) is 0 Å². The molecule has 1 saturated heterocycles. The van der Waals surface area contributed by atoms with Gasteiger partial charge in [0.1, 0.15) is 11.3 Å². The van der Waals surface area contributed by atoms with E-state index in [2.05, 4.69) is 52.9 Å². The van der Waals surface area contributed by atoms with Crippen LogP contribution in [0.25, 0.3) is 28.6 Å². The van der Waals surface area contributed by atoms with Crippen LogP contribution in [0.3, 0.4) is 0 Å². The number of alkyl halides is 2. The molecule has 0 spiro atoms. The summed E-state index contributed by atoms with van der Waals surface area (Å²) in [5.41, 5.74) is 3.70. The summed E-state index contributed by atoms with van der Waals surface area (Å²) in [7, 11) is 0. The molecular weight excluding hydrogens is 504 g/mol. The second-order valence-corrected chi connectivity index (χ2v) is 9.39. The van der Waals surface area contributed by atoms with Gasteiger partial charge in [0.25, 0.3) is 18.3 Å². The molecule has 1 fully saturated rings. The van der Waals surface area contributed by atoms with Crippen LogP contribution < -0.4 is 0 Å². The van der Waals surface area contributed by atoms with Crippen molar-refractivity contribution in [1.29, 1.82) is 0 Å². The van der Waals surface area contributed by atoms with Crippen LogP contribution in [0.2, 0.25) is 0 Å². The number of aryl methyl sites for hydroxylation is 1. The summed E-state index contributed by atoms with van der Waals surface area (Å²) in [6.07, 6.45) is 4.26. The summed E-state index contributed by atoms with van der Waals surface area (Å²) in [5, 5.41) is 11.0. The monoisotopic (exact) mass is 543 g/mol. The first-order valence-corrected chi connectivity index (χ1v) is 13.2. The predicted molar refractivity (Wildman–Crippen MR) is 149 cm³/mol. The number of benzene rings is 1. The van der Waals surface area contributed by atoms with E-state index in [1.54, 1.807) is 17.5 Å². The van der Waals surface area contributed by atoms with Gasteiger partial charge in [-0.25, -0.2) is 13.8 Å². The molecule has 0 radical (unpaired) electrons. The molecule has 0 aliphatic carbocycles. The van der Waals surface area contributed by atoms with Gasteiger partial charge < -0.3 is 14.0 Å². The van der Waals surface area contributed by atoms with Crippen molar-refractivity contribution in [3.05, 3.63) is 59.4 Å². The van der Waals surface area contributed by atoms with Gasteiger partial charge in [-0.05, 0) is 30.0 Å². The number of imidazole rings is 1. The molecule has 10 heteroatoms. The molecule has 0 saturated carbocycles. The molecule has 0 unspecified atom stereocenters. The minimum atomic E-state index is -2.93. The molecule has 0 amide bonds. The highest BCUT2D eigenvalue weighted by Gasteiger charge is 2.26. The zero-order valence-corrected chi connectivity index (χ0v) is 23.8. The summed E-state index contributed by atoms with van der Waals surface area (Å²) < 4.78 is 34.5. The Hall–Kier alpha value is -3.66. The first kappa shape index (κ1) is 31.6. The Morgan fingerprint density at radius 3 is 2.26 bits per heavy atom. The molecule has 212 valence electrons. The van der Waals surface area contributed by atoms with Crippen LogP contribution in [0.1, 0.15) is 64.7 Å². The van der Waals surface area contributed by atoms with Gasteiger partial charge in [-0.2, -0.15) is 4.98 Å². The predicted octanol–water partition coefficient (Wildman–Crippen LogP) is 7.07. The lowest BCUT2D eigenvalue weighted by Crippen LogP contribution is -2.44. The second-order valence-electron chi connectivity index (χ2n) is 9.39. The van der Waals surface area contributed by atoms with Gasteiger partial charge in [0.2, 0.25) is 5.82 Å². The van der Waals surface area contributed by atoms with Crippen LogP contribution in [-0.4, -0.2) is 49.1 Å². The zero-order valence-electron chi connectivity index (χ0n) is 23.8. The number of fused-ring (bicyclic) bond motifs is 1. The molecular formula is C29H39F2N5O3. The normalized spacial score (nSPS) is 13.3. The fourth-order valence-corrected chi connectivity index (χ4v) is 4.03. The Kier molecular flexibility index (Phi) is 11.7. The quantitative estimate of drug-likeness (QED) is 0.269. The number of carboxylic acid groups (broad SMARTS) is 1. The number of nitrogens with zero attached hydrogens (tertiary/aromatic N) is 5. The lowest BCUT2D eigenvalue weighted by Gasteiger charge is -2.37. The Morgan fingerprint density at radius 2 is 1.72 bits per heavy atom. The summed E-state index contributed by atoms with van der Waals surface area (Å²) in [5.74, 6) is -1.43. The van der Waals surface area contributed by atoms with Crippen molar-refractivity contribution in [3.63, 3.8) is 0 Å². The maximum atomic E-state index is 13.7. The molecule has 1 N–H and O–H groups in total. The van der Waals surface area contributed by atoms with E-state index in [4.69, 9.17) is 14.4 Å². The van der Waals surface area contributed by atoms with Gasteiger partial charge in [-0.1, -0.05) is 70.5 Å². The highest BCUT2D eigenvalue weighted by molar-refractivity contribution is 5.61. The van der Waals surface area contributed by atoms with Crippen molar-refractivity contribution < 1.29 is 23.2 Å². The third kappa shape index (κ3) is 8.41. The Morgan fingerprint density at radius 1 is 1.13 bits per heavy atom. The topological polar surface area (TPSA) is 96.8 Å². The van der Waals surface area contributed by atoms with Gasteiger partial charge in [-0.15, -0.1) is 0 Å². The number of rotatable bonds is 5. The molecule has 39 heavy (non-hydrogen) atoms.